The van der Waals surface area contributed by atoms with Gasteiger partial charge in [0.15, 0.2) is 23.3 Å². The Kier molecular flexibility index (Phi) is 3.55. The molecular weight excluding hydrogens is 267 g/mol. The van der Waals surface area contributed by atoms with Crippen molar-refractivity contribution in [1.82, 2.24) is 0 Å². The van der Waals surface area contributed by atoms with Gasteiger partial charge in [-0.2, -0.15) is 18.4 Å². The minimum absolute atomic E-state index is 0.896. The smallest absolute Gasteiger partial charge is 0.203 e. The van der Waals surface area contributed by atoms with Crippen molar-refractivity contribution < 1.29 is 30.7 Å². The molecule has 18 heavy (non-hydrogen) atoms. The zero-order chi connectivity index (χ0) is 14.2. The molecule has 1 atom stereocenters. The molecule has 1 unspecified atom stereocenters. The van der Waals surface area contributed by atoms with Crippen molar-refractivity contribution in [2.24, 2.45) is 0 Å². The van der Waals surface area contributed by atoms with Crippen LogP contribution in [0.5, 0.6) is 0 Å². The number of rotatable bonds is 1. The predicted molar refractivity (Wildman–Crippen MR) is 45.3 cm³/mol. The summed E-state index contributed by atoms with van der Waals surface area (Å²) in [4.78, 5) is 0. The summed E-state index contributed by atoms with van der Waals surface area (Å²) in [5, 5.41) is 8.40. The Morgan fingerprint density at radius 1 is 0.944 bits per heavy atom. The lowest BCUT2D eigenvalue weighted by Gasteiger charge is -2.14. The lowest BCUT2D eigenvalue weighted by molar-refractivity contribution is -0.143. The second-order valence-corrected chi connectivity index (χ2v) is 3.39. The monoisotopic (exact) mass is 271 g/mol. The predicted octanol–water partition coefficient (Wildman–Crippen LogP) is 3.89. The highest BCUT2D eigenvalue weighted by Crippen LogP contribution is 2.38. The molecule has 0 amide bonds. The number of nitriles is 1. The lowest BCUT2D eigenvalue weighted by atomic mass is 9.98. The van der Waals surface area contributed by atoms with Gasteiger partial charge in [0.05, 0.1) is 12.0 Å². The quantitative estimate of drug-likeness (QED) is 0.561. The van der Waals surface area contributed by atoms with Gasteiger partial charge in [0.1, 0.15) is 5.56 Å². The molecule has 8 heteroatoms. The van der Waals surface area contributed by atoms with Crippen LogP contribution in [0.2, 0.25) is 0 Å². The van der Waals surface area contributed by atoms with Crippen LogP contribution in [-0.4, -0.2) is 0 Å². The van der Waals surface area contributed by atoms with E-state index in [-0.39, 0.29) is 0 Å². The molecule has 0 aliphatic heterocycles. The summed E-state index contributed by atoms with van der Waals surface area (Å²) in [6.07, 6.45) is -5.58. The standard InChI is InChI=1S/C10H4F7N/c1-3(2-18)4-6(11)8(13)5(10(15,16)17)9(14)7(4)12/h3H,1H3. The molecule has 0 N–H and O–H groups in total. The van der Waals surface area contributed by atoms with Gasteiger partial charge >= 0.3 is 6.18 Å². The lowest BCUT2D eigenvalue weighted by Crippen LogP contribution is -2.17. The first-order valence-electron chi connectivity index (χ1n) is 4.45. The van der Waals surface area contributed by atoms with Gasteiger partial charge < -0.3 is 0 Å². The average molecular weight is 271 g/mol. The first-order chi connectivity index (χ1) is 8.12. The van der Waals surface area contributed by atoms with E-state index >= 15 is 0 Å². The average Bonchev–Trinajstić information content (AvgIpc) is 2.24. The molecule has 0 aliphatic rings. The van der Waals surface area contributed by atoms with Gasteiger partial charge in [0.25, 0.3) is 0 Å². The van der Waals surface area contributed by atoms with Crippen LogP contribution in [0.25, 0.3) is 0 Å². The maximum absolute atomic E-state index is 13.2. The second-order valence-electron chi connectivity index (χ2n) is 3.39. The SMILES string of the molecule is CC(C#N)c1c(F)c(F)c(C(F)(F)F)c(F)c1F. The zero-order valence-corrected chi connectivity index (χ0v) is 8.67. The fourth-order valence-electron chi connectivity index (χ4n) is 1.34. The van der Waals surface area contributed by atoms with E-state index in [1.807, 2.05) is 0 Å². The fraction of sp³-hybridized carbons (Fsp3) is 0.300. The minimum Gasteiger partial charge on any atom is -0.203 e. The molecule has 0 bridgehead atoms. The van der Waals surface area contributed by atoms with Crippen molar-refractivity contribution in [2.75, 3.05) is 0 Å². The maximum atomic E-state index is 13.2. The molecular formula is C10H4F7N. The molecule has 0 radical (unpaired) electrons. The normalized spacial score (nSPS) is 13.3. The van der Waals surface area contributed by atoms with Crippen LogP contribution in [0.15, 0.2) is 0 Å². The first kappa shape index (κ1) is 14.3. The van der Waals surface area contributed by atoms with E-state index in [1.54, 1.807) is 0 Å². The molecule has 0 aromatic heterocycles. The summed E-state index contributed by atoms with van der Waals surface area (Å²) in [6.45, 7) is 0.896. The van der Waals surface area contributed by atoms with Crippen molar-refractivity contribution in [1.29, 1.82) is 5.26 Å². The van der Waals surface area contributed by atoms with E-state index < -0.39 is 46.5 Å². The van der Waals surface area contributed by atoms with Gasteiger partial charge in [-0.3, -0.25) is 0 Å². The molecule has 0 heterocycles. The highest BCUT2D eigenvalue weighted by atomic mass is 19.4. The van der Waals surface area contributed by atoms with Crippen molar-refractivity contribution in [3.05, 3.63) is 34.4 Å². The molecule has 0 fully saturated rings. The summed E-state index contributed by atoms with van der Waals surface area (Å²) in [7, 11) is 0. The minimum atomic E-state index is -5.58. The molecule has 98 valence electrons. The van der Waals surface area contributed by atoms with E-state index in [1.165, 1.54) is 6.07 Å². The Morgan fingerprint density at radius 2 is 1.33 bits per heavy atom. The molecule has 0 saturated carbocycles. The Bertz CT molecular complexity index is 497. The fourth-order valence-corrected chi connectivity index (χ4v) is 1.34. The van der Waals surface area contributed by atoms with Crippen molar-refractivity contribution in [2.45, 2.75) is 19.0 Å². The third-order valence-electron chi connectivity index (χ3n) is 2.21. The van der Waals surface area contributed by atoms with E-state index in [4.69, 9.17) is 5.26 Å². The molecule has 0 saturated heterocycles. The van der Waals surface area contributed by atoms with Crippen LogP contribution in [0.4, 0.5) is 30.7 Å². The Balaban J connectivity index is 3.73. The van der Waals surface area contributed by atoms with Crippen molar-refractivity contribution in [3.8, 4) is 6.07 Å². The molecule has 1 aromatic carbocycles. The highest BCUT2D eigenvalue weighted by Gasteiger charge is 2.42. The Labute approximate surface area is 96.4 Å². The topological polar surface area (TPSA) is 23.8 Å². The van der Waals surface area contributed by atoms with Gasteiger partial charge in [0.2, 0.25) is 0 Å². The Morgan fingerprint density at radius 3 is 1.61 bits per heavy atom. The van der Waals surface area contributed by atoms with E-state index in [0.717, 1.165) is 6.92 Å². The van der Waals surface area contributed by atoms with E-state index in [2.05, 4.69) is 0 Å². The molecule has 0 aliphatic carbocycles. The van der Waals surface area contributed by atoms with Crippen LogP contribution >= 0.6 is 0 Å². The molecule has 1 rings (SSSR count). The number of hydrogen-bond acceptors (Lipinski definition) is 1. The summed E-state index contributed by atoms with van der Waals surface area (Å²) in [5.74, 6) is -11.2. The molecule has 0 spiro atoms. The first-order valence-corrected chi connectivity index (χ1v) is 4.45. The third-order valence-corrected chi connectivity index (χ3v) is 2.21. The van der Waals surface area contributed by atoms with Gasteiger partial charge in [0, 0.05) is 5.56 Å². The number of nitrogens with zero attached hydrogens (tertiary/aromatic N) is 1. The van der Waals surface area contributed by atoms with E-state index in [0.29, 0.717) is 0 Å². The maximum Gasteiger partial charge on any atom is 0.422 e. The van der Waals surface area contributed by atoms with Crippen molar-refractivity contribution >= 4 is 0 Å². The second kappa shape index (κ2) is 4.48. The third kappa shape index (κ3) is 2.12. The number of alkyl halides is 3. The van der Waals surface area contributed by atoms with Crippen LogP contribution in [0.1, 0.15) is 24.0 Å². The largest absolute Gasteiger partial charge is 0.422 e. The molecule has 1 nitrogen and oxygen atoms in total. The number of halogens is 7. The summed E-state index contributed by atoms with van der Waals surface area (Å²) >= 11 is 0. The van der Waals surface area contributed by atoms with Crippen LogP contribution in [-0.2, 0) is 6.18 Å². The van der Waals surface area contributed by atoms with Crippen LogP contribution in [0, 0.1) is 34.6 Å². The summed E-state index contributed by atoms with van der Waals surface area (Å²) < 4.78 is 89.3. The summed E-state index contributed by atoms with van der Waals surface area (Å²) in [5.41, 5.74) is -4.01. The zero-order valence-electron chi connectivity index (χ0n) is 8.67. The van der Waals surface area contributed by atoms with Gasteiger partial charge in [-0.05, 0) is 6.92 Å². The van der Waals surface area contributed by atoms with Crippen LogP contribution < -0.4 is 0 Å². The van der Waals surface area contributed by atoms with E-state index in [9.17, 15) is 30.7 Å². The highest BCUT2D eigenvalue weighted by molar-refractivity contribution is 5.35. The van der Waals surface area contributed by atoms with Gasteiger partial charge in [-0.1, -0.05) is 0 Å². The number of benzene rings is 1. The van der Waals surface area contributed by atoms with Crippen molar-refractivity contribution in [3.63, 3.8) is 0 Å². The van der Waals surface area contributed by atoms with Crippen LogP contribution in [0.3, 0.4) is 0 Å². The number of hydrogen-bond donors (Lipinski definition) is 0. The van der Waals surface area contributed by atoms with Gasteiger partial charge in [-0.25, -0.2) is 17.6 Å². The summed E-state index contributed by atoms with van der Waals surface area (Å²) in [6, 6.07) is 1.28. The van der Waals surface area contributed by atoms with Gasteiger partial charge in [-0.15, -0.1) is 0 Å². The Hall–Kier alpha value is -1.78. The molecule has 1 aromatic rings.